The van der Waals surface area contributed by atoms with Gasteiger partial charge in [0, 0.05) is 12.5 Å². The molecule has 1 atom stereocenters. The molecule has 0 aliphatic heterocycles. The number of carbonyl (C=O) groups excluding carboxylic acids is 1. The largest absolute Gasteiger partial charge is 0.496 e. The van der Waals surface area contributed by atoms with Gasteiger partial charge in [0.1, 0.15) is 5.75 Å². The maximum atomic E-state index is 11.8. The van der Waals surface area contributed by atoms with Crippen LogP contribution in [-0.4, -0.2) is 18.9 Å². The number of hydrogen-bond donors (Lipinski definition) is 1. The van der Waals surface area contributed by atoms with Crippen LogP contribution in [0, 0.1) is 0 Å². The van der Waals surface area contributed by atoms with Crippen LogP contribution in [0.2, 0.25) is 0 Å². The molecule has 82 valence electrons. The predicted octanol–water partition coefficient (Wildman–Crippen LogP) is 2.01. The molecule has 0 saturated carbocycles. The zero-order valence-electron chi connectivity index (χ0n) is 9.19. The fourth-order valence-electron chi connectivity index (χ4n) is 1.37. The Morgan fingerprint density at radius 3 is 2.73 bits per heavy atom. The lowest BCUT2D eigenvalue weighted by Gasteiger charge is -2.10. The van der Waals surface area contributed by atoms with Crippen LogP contribution in [0.15, 0.2) is 24.3 Å². The maximum absolute atomic E-state index is 11.8. The van der Waals surface area contributed by atoms with Gasteiger partial charge in [0.25, 0.3) is 0 Å². The van der Waals surface area contributed by atoms with E-state index in [1.54, 1.807) is 19.2 Å². The van der Waals surface area contributed by atoms with Gasteiger partial charge in [0.15, 0.2) is 5.78 Å². The summed E-state index contributed by atoms with van der Waals surface area (Å²) in [7, 11) is 1.56. The van der Waals surface area contributed by atoms with Gasteiger partial charge in [0.2, 0.25) is 0 Å². The van der Waals surface area contributed by atoms with Gasteiger partial charge in [-0.1, -0.05) is 19.1 Å². The van der Waals surface area contributed by atoms with E-state index < -0.39 is 0 Å². The lowest BCUT2D eigenvalue weighted by atomic mass is 10.0. The van der Waals surface area contributed by atoms with Crippen molar-refractivity contribution >= 4 is 5.78 Å². The Bertz CT molecular complexity index is 336. The number of rotatable bonds is 5. The normalized spacial score (nSPS) is 12.2. The minimum absolute atomic E-state index is 0.0433. The van der Waals surface area contributed by atoms with E-state index >= 15 is 0 Å². The third kappa shape index (κ3) is 3.06. The Morgan fingerprint density at radius 1 is 1.47 bits per heavy atom. The Hall–Kier alpha value is -1.35. The lowest BCUT2D eigenvalue weighted by molar-refractivity contribution is 0.0971. The molecule has 0 fully saturated rings. The molecule has 0 amide bonds. The average Bonchev–Trinajstić information content (AvgIpc) is 2.28. The number of Topliss-reactive ketones (excluding diaryl/α,β-unsaturated/α-hetero) is 1. The van der Waals surface area contributed by atoms with E-state index in [0.29, 0.717) is 17.7 Å². The minimum atomic E-state index is -0.0672. The molecular weight excluding hydrogens is 190 g/mol. The second-order valence-electron chi connectivity index (χ2n) is 3.50. The molecule has 1 rings (SSSR count). The molecule has 1 unspecified atom stereocenters. The Kier molecular flexibility index (Phi) is 4.31. The van der Waals surface area contributed by atoms with Crippen molar-refractivity contribution in [2.24, 2.45) is 5.73 Å². The van der Waals surface area contributed by atoms with Crippen molar-refractivity contribution in [1.82, 2.24) is 0 Å². The van der Waals surface area contributed by atoms with Crippen LogP contribution in [0.25, 0.3) is 0 Å². The zero-order valence-corrected chi connectivity index (χ0v) is 9.19. The van der Waals surface area contributed by atoms with Crippen molar-refractivity contribution < 1.29 is 9.53 Å². The van der Waals surface area contributed by atoms with Crippen LogP contribution in [0.5, 0.6) is 5.75 Å². The number of hydrogen-bond acceptors (Lipinski definition) is 3. The fourth-order valence-corrected chi connectivity index (χ4v) is 1.37. The zero-order chi connectivity index (χ0) is 11.3. The Balaban J connectivity index is 2.81. The number of nitrogens with two attached hydrogens (primary N) is 1. The summed E-state index contributed by atoms with van der Waals surface area (Å²) >= 11 is 0. The second kappa shape index (κ2) is 5.51. The summed E-state index contributed by atoms with van der Waals surface area (Å²) in [5.41, 5.74) is 6.36. The molecule has 0 aliphatic carbocycles. The van der Waals surface area contributed by atoms with Gasteiger partial charge < -0.3 is 10.5 Å². The summed E-state index contributed by atoms with van der Waals surface area (Å²) in [4.78, 5) is 11.8. The van der Waals surface area contributed by atoms with E-state index in [1.165, 1.54) is 0 Å². The van der Waals surface area contributed by atoms with Gasteiger partial charge in [-0.15, -0.1) is 0 Å². The van der Waals surface area contributed by atoms with Crippen molar-refractivity contribution in [1.29, 1.82) is 0 Å². The first kappa shape index (κ1) is 11.7. The van der Waals surface area contributed by atoms with Crippen LogP contribution >= 0.6 is 0 Å². The molecular formula is C12H17NO2. The first-order chi connectivity index (χ1) is 7.19. The summed E-state index contributed by atoms with van der Waals surface area (Å²) < 4.78 is 5.12. The summed E-state index contributed by atoms with van der Waals surface area (Å²) in [5, 5.41) is 0. The van der Waals surface area contributed by atoms with Gasteiger partial charge >= 0.3 is 0 Å². The Labute approximate surface area is 90.2 Å². The molecule has 15 heavy (non-hydrogen) atoms. The Morgan fingerprint density at radius 2 is 2.13 bits per heavy atom. The van der Waals surface area contributed by atoms with Crippen molar-refractivity contribution in [2.75, 3.05) is 7.11 Å². The molecule has 3 nitrogen and oxygen atoms in total. The molecule has 1 aromatic rings. The highest BCUT2D eigenvalue weighted by atomic mass is 16.5. The lowest BCUT2D eigenvalue weighted by Crippen LogP contribution is -2.22. The van der Waals surface area contributed by atoms with E-state index in [-0.39, 0.29) is 11.8 Å². The minimum Gasteiger partial charge on any atom is -0.496 e. The third-order valence-electron chi connectivity index (χ3n) is 2.38. The number of ether oxygens (including phenoxy) is 1. The van der Waals surface area contributed by atoms with Crippen LogP contribution in [0.4, 0.5) is 0 Å². The smallest absolute Gasteiger partial charge is 0.168 e. The highest BCUT2D eigenvalue weighted by Gasteiger charge is 2.13. The number of para-hydroxylation sites is 1. The van der Waals surface area contributed by atoms with Crippen LogP contribution in [0.1, 0.15) is 30.1 Å². The van der Waals surface area contributed by atoms with E-state index in [1.807, 2.05) is 19.1 Å². The quantitative estimate of drug-likeness (QED) is 0.751. The average molecular weight is 207 g/mol. The van der Waals surface area contributed by atoms with Gasteiger partial charge in [-0.05, 0) is 18.6 Å². The maximum Gasteiger partial charge on any atom is 0.168 e. The van der Waals surface area contributed by atoms with Crippen molar-refractivity contribution in [2.45, 2.75) is 25.8 Å². The number of ketones is 1. The van der Waals surface area contributed by atoms with Gasteiger partial charge in [-0.25, -0.2) is 0 Å². The SMILES string of the molecule is CCC(N)CC(=O)c1ccccc1OC. The summed E-state index contributed by atoms with van der Waals surface area (Å²) in [5.74, 6) is 0.660. The fraction of sp³-hybridized carbons (Fsp3) is 0.417. The first-order valence-electron chi connectivity index (χ1n) is 5.10. The topological polar surface area (TPSA) is 52.3 Å². The van der Waals surface area contributed by atoms with Gasteiger partial charge in [-0.3, -0.25) is 4.79 Å². The van der Waals surface area contributed by atoms with Crippen LogP contribution < -0.4 is 10.5 Å². The summed E-state index contributed by atoms with van der Waals surface area (Å²) in [6, 6.07) is 7.15. The third-order valence-corrected chi connectivity index (χ3v) is 2.38. The molecule has 0 bridgehead atoms. The predicted molar refractivity (Wildman–Crippen MR) is 60.2 cm³/mol. The highest BCUT2D eigenvalue weighted by Crippen LogP contribution is 2.19. The van der Waals surface area contributed by atoms with Gasteiger partial charge in [-0.2, -0.15) is 0 Å². The highest BCUT2D eigenvalue weighted by molar-refractivity contribution is 5.98. The van der Waals surface area contributed by atoms with Crippen LogP contribution in [0.3, 0.4) is 0 Å². The molecule has 0 spiro atoms. The van der Waals surface area contributed by atoms with Crippen LogP contribution in [-0.2, 0) is 0 Å². The second-order valence-corrected chi connectivity index (χ2v) is 3.50. The molecule has 2 N–H and O–H groups in total. The molecule has 0 radical (unpaired) electrons. The summed E-state index contributed by atoms with van der Waals surface area (Å²) in [6.45, 7) is 1.97. The number of benzene rings is 1. The monoisotopic (exact) mass is 207 g/mol. The van der Waals surface area contributed by atoms with E-state index in [0.717, 1.165) is 6.42 Å². The van der Waals surface area contributed by atoms with Crippen molar-refractivity contribution in [3.05, 3.63) is 29.8 Å². The molecule has 0 heterocycles. The standard InChI is InChI=1S/C12H17NO2/c1-3-9(13)8-11(14)10-6-4-5-7-12(10)15-2/h4-7,9H,3,8,13H2,1-2H3. The van der Waals surface area contributed by atoms with E-state index in [2.05, 4.69) is 0 Å². The molecule has 0 aromatic heterocycles. The van der Waals surface area contributed by atoms with Crippen molar-refractivity contribution in [3.8, 4) is 5.75 Å². The van der Waals surface area contributed by atoms with E-state index in [4.69, 9.17) is 10.5 Å². The molecule has 0 saturated heterocycles. The van der Waals surface area contributed by atoms with E-state index in [9.17, 15) is 4.79 Å². The van der Waals surface area contributed by atoms with Gasteiger partial charge in [0.05, 0.1) is 12.7 Å². The number of carbonyl (C=O) groups is 1. The molecule has 1 aromatic carbocycles. The molecule has 3 heteroatoms. The first-order valence-corrected chi connectivity index (χ1v) is 5.10. The number of methoxy groups -OCH3 is 1. The molecule has 0 aliphatic rings. The summed E-state index contributed by atoms with van der Waals surface area (Å²) in [6.07, 6.45) is 1.18. The van der Waals surface area contributed by atoms with Crippen molar-refractivity contribution in [3.63, 3.8) is 0 Å².